The zero-order valence-corrected chi connectivity index (χ0v) is 18.7. The van der Waals surface area contributed by atoms with Crippen molar-refractivity contribution in [3.8, 4) is 0 Å². The highest BCUT2D eigenvalue weighted by molar-refractivity contribution is 6.12. The fraction of sp³-hybridized carbons (Fsp3) is 0.385. The van der Waals surface area contributed by atoms with Crippen molar-refractivity contribution in [2.75, 3.05) is 0 Å². The lowest BCUT2D eigenvalue weighted by atomic mass is 9.67. The summed E-state index contributed by atoms with van der Waals surface area (Å²) < 4.78 is 11.2. The van der Waals surface area contributed by atoms with Crippen molar-refractivity contribution in [3.05, 3.63) is 83.9 Å². The van der Waals surface area contributed by atoms with Gasteiger partial charge in [-0.3, -0.25) is 9.59 Å². The third-order valence-electron chi connectivity index (χ3n) is 6.20. The van der Waals surface area contributed by atoms with Crippen molar-refractivity contribution < 1.29 is 19.1 Å². The molecule has 4 nitrogen and oxygen atoms in total. The van der Waals surface area contributed by atoms with E-state index >= 15 is 0 Å². The van der Waals surface area contributed by atoms with Crippen molar-refractivity contribution in [3.63, 3.8) is 0 Å². The van der Waals surface area contributed by atoms with Crippen LogP contribution in [0.5, 0.6) is 0 Å². The molecule has 1 saturated carbocycles. The van der Waals surface area contributed by atoms with Crippen LogP contribution in [0, 0.1) is 17.3 Å². The Hall–Kier alpha value is -2.82. The van der Waals surface area contributed by atoms with Crippen molar-refractivity contribution in [1.29, 1.82) is 0 Å². The van der Waals surface area contributed by atoms with Crippen LogP contribution in [0.1, 0.15) is 37.8 Å². The second-order valence-corrected chi connectivity index (χ2v) is 9.15. The minimum absolute atomic E-state index is 0.0183. The molecule has 1 aliphatic carbocycles. The second kappa shape index (κ2) is 9.99. The van der Waals surface area contributed by atoms with Crippen LogP contribution in [0.3, 0.4) is 0 Å². The van der Waals surface area contributed by atoms with Gasteiger partial charge in [0.25, 0.3) is 0 Å². The van der Waals surface area contributed by atoms with Crippen LogP contribution in [0.25, 0.3) is 0 Å². The minimum Gasteiger partial charge on any atom is -0.461 e. The number of allylic oxidation sites excluding steroid dienone is 1. The molecular formula is C26H31BO4. The lowest BCUT2D eigenvalue weighted by molar-refractivity contribution is -0.158. The van der Waals surface area contributed by atoms with Gasteiger partial charge in [0.05, 0.1) is 12.3 Å². The molecule has 2 aromatic rings. The molecule has 31 heavy (non-hydrogen) atoms. The first-order valence-electron chi connectivity index (χ1n) is 10.9. The van der Waals surface area contributed by atoms with Gasteiger partial charge in [-0.2, -0.15) is 0 Å². The first-order chi connectivity index (χ1) is 14.8. The van der Waals surface area contributed by atoms with Crippen LogP contribution in [0.2, 0.25) is 5.82 Å². The molecule has 0 N–H and O–H groups in total. The number of carbonyl (C=O) groups is 2. The minimum atomic E-state index is -0.576. The van der Waals surface area contributed by atoms with E-state index in [-0.39, 0.29) is 43.3 Å². The molecule has 5 heteroatoms. The molecule has 3 rings (SSSR count). The molecule has 0 amide bonds. The lowest BCUT2D eigenvalue weighted by Crippen LogP contribution is -2.37. The zero-order valence-electron chi connectivity index (χ0n) is 18.7. The first-order valence-corrected chi connectivity index (χ1v) is 10.9. The van der Waals surface area contributed by atoms with E-state index in [2.05, 4.69) is 21.3 Å². The third kappa shape index (κ3) is 5.66. The summed E-state index contributed by atoms with van der Waals surface area (Å²) in [6, 6.07) is 19.2. The van der Waals surface area contributed by atoms with E-state index in [4.69, 9.17) is 9.47 Å². The maximum atomic E-state index is 13.2. The molecule has 4 atom stereocenters. The van der Waals surface area contributed by atoms with E-state index in [1.54, 1.807) is 0 Å². The third-order valence-corrected chi connectivity index (χ3v) is 6.20. The van der Waals surface area contributed by atoms with Crippen LogP contribution in [0.15, 0.2) is 72.8 Å². The summed E-state index contributed by atoms with van der Waals surface area (Å²) in [7, 11) is 2.09. The number of benzene rings is 2. The highest BCUT2D eigenvalue weighted by Crippen LogP contribution is 2.55. The normalized spacial score (nSPS) is 23.9. The van der Waals surface area contributed by atoms with E-state index in [0.717, 1.165) is 16.7 Å². The standard InChI is InChI=1S/C26H31BO4/c1-18-14-26(3,15-22(28)30-16-20-10-6-4-7-11-20)24(23(18)19(2)27)25(29)31-17-21-12-8-5-9-13-21/h4-13,19,23-24H,1,14-17,27H2,2-3H3/t19-,23?,24?,26+/m1/s1. The van der Waals surface area contributed by atoms with Crippen molar-refractivity contribution in [2.24, 2.45) is 17.3 Å². The van der Waals surface area contributed by atoms with Gasteiger partial charge in [-0.15, -0.1) is 0 Å². The van der Waals surface area contributed by atoms with E-state index in [9.17, 15) is 9.59 Å². The first kappa shape index (κ1) is 22.9. The smallest absolute Gasteiger partial charge is 0.310 e. The van der Waals surface area contributed by atoms with Crippen LogP contribution >= 0.6 is 0 Å². The highest BCUT2D eigenvalue weighted by Gasteiger charge is 2.53. The van der Waals surface area contributed by atoms with Crippen molar-refractivity contribution in [2.45, 2.75) is 45.7 Å². The van der Waals surface area contributed by atoms with Gasteiger partial charge in [-0.25, -0.2) is 0 Å². The fourth-order valence-electron chi connectivity index (χ4n) is 4.81. The molecule has 0 radical (unpaired) electrons. The summed E-state index contributed by atoms with van der Waals surface area (Å²) in [6.07, 6.45) is 0.772. The SMILES string of the molecule is B[C@H](C)C1C(=C)C[C@@](C)(CC(=O)OCc2ccccc2)C1C(=O)OCc1ccccc1. The predicted octanol–water partition coefficient (Wildman–Crippen LogP) is 4.50. The summed E-state index contributed by atoms with van der Waals surface area (Å²) in [5, 5.41) is 0. The van der Waals surface area contributed by atoms with Gasteiger partial charge in [-0.1, -0.05) is 92.5 Å². The van der Waals surface area contributed by atoms with Crippen LogP contribution in [0.4, 0.5) is 0 Å². The highest BCUT2D eigenvalue weighted by atomic mass is 16.5. The van der Waals surface area contributed by atoms with Gasteiger partial charge in [-0.05, 0) is 28.9 Å². The summed E-state index contributed by atoms with van der Waals surface area (Å²) in [4.78, 5) is 25.9. The largest absolute Gasteiger partial charge is 0.461 e. The van der Waals surface area contributed by atoms with Gasteiger partial charge in [0.1, 0.15) is 21.1 Å². The molecule has 0 aliphatic heterocycles. The summed E-state index contributed by atoms with van der Waals surface area (Å²) in [5.41, 5.74) is 2.32. The lowest BCUT2D eigenvalue weighted by Gasteiger charge is -2.32. The summed E-state index contributed by atoms with van der Waals surface area (Å²) in [5.74, 6) is -0.781. The fourth-order valence-corrected chi connectivity index (χ4v) is 4.81. The van der Waals surface area contributed by atoms with Gasteiger partial charge >= 0.3 is 11.9 Å². The van der Waals surface area contributed by atoms with Crippen molar-refractivity contribution >= 4 is 19.8 Å². The molecule has 0 saturated heterocycles. The Bertz CT molecular complexity index is 910. The molecule has 1 aliphatic rings. The maximum Gasteiger partial charge on any atom is 0.310 e. The topological polar surface area (TPSA) is 52.6 Å². The van der Waals surface area contributed by atoms with Gasteiger partial charge in [0.2, 0.25) is 0 Å². The Morgan fingerprint density at radius 3 is 2.06 bits per heavy atom. The van der Waals surface area contributed by atoms with E-state index in [0.29, 0.717) is 6.42 Å². The average Bonchev–Trinajstić information content (AvgIpc) is 3.02. The Balaban J connectivity index is 1.71. The molecule has 2 aromatic carbocycles. The number of ether oxygens (including phenoxy) is 2. The van der Waals surface area contributed by atoms with Crippen LogP contribution < -0.4 is 0 Å². The Morgan fingerprint density at radius 2 is 1.55 bits per heavy atom. The van der Waals surface area contributed by atoms with E-state index < -0.39 is 11.3 Å². The number of hydrogen-bond donors (Lipinski definition) is 0. The number of esters is 2. The predicted molar refractivity (Wildman–Crippen MR) is 124 cm³/mol. The monoisotopic (exact) mass is 418 g/mol. The van der Waals surface area contributed by atoms with E-state index in [1.165, 1.54) is 0 Å². The molecule has 0 heterocycles. The maximum absolute atomic E-state index is 13.2. The Morgan fingerprint density at radius 1 is 1.03 bits per heavy atom. The molecule has 1 fully saturated rings. The van der Waals surface area contributed by atoms with Crippen LogP contribution in [-0.2, 0) is 32.3 Å². The van der Waals surface area contributed by atoms with Crippen molar-refractivity contribution in [1.82, 2.24) is 0 Å². The molecular weight excluding hydrogens is 387 g/mol. The quantitative estimate of drug-likeness (QED) is 0.360. The Kier molecular flexibility index (Phi) is 7.37. The number of rotatable bonds is 8. The summed E-state index contributed by atoms with van der Waals surface area (Å²) >= 11 is 0. The second-order valence-electron chi connectivity index (χ2n) is 9.15. The zero-order chi connectivity index (χ0) is 22.4. The average molecular weight is 418 g/mol. The van der Waals surface area contributed by atoms with Gasteiger partial charge in [0, 0.05) is 0 Å². The summed E-state index contributed by atoms with van der Waals surface area (Å²) in [6.45, 7) is 8.77. The number of carbonyl (C=O) groups excluding carboxylic acids is 2. The van der Waals surface area contributed by atoms with Gasteiger partial charge in [0.15, 0.2) is 0 Å². The molecule has 162 valence electrons. The Labute approximate surface area is 186 Å². The van der Waals surface area contributed by atoms with Gasteiger partial charge < -0.3 is 9.47 Å². The molecule has 0 spiro atoms. The van der Waals surface area contributed by atoms with E-state index in [1.807, 2.05) is 67.6 Å². The molecule has 0 bridgehead atoms. The molecule has 2 unspecified atom stereocenters. The molecule has 0 aromatic heterocycles. The van der Waals surface area contributed by atoms with Crippen LogP contribution in [-0.4, -0.2) is 19.8 Å². The number of hydrogen-bond acceptors (Lipinski definition) is 4.